The Labute approximate surface area is 120 Å². The van der Waals surface area contributed by atoms with Crippen LogP contribution >= 0.6 is 0 Å². The number of nitrogens with zero attached hydrogens (tertiary/aromatic N) is 1. The van der Waals surface area contributed by atoms with Crippen LogP contribution in [0.15, 0.2) is 60.7 Å². The Bertz CT molecular complexity index is 408. The molecule has 0 N–H and O–H groups in total. The molecule has 2 aromatic carbocycles. The van der Waals surface area contributed by atoms with E-state index in [-0.39, 0.29) is 17.0 Å². The Hall–Kier alpha value is -1.12. The van der Waals surface area contributed by atoms with Gasteiger partial charge in [0.1, 0.15) is 11.4 Å². The molecule has 96 valence electrons. The molecule has 0 saturated heterocycles. The van der Waals surface area contributed by atoms with Crippen LogP contribution in [0.3, 0.4) is 0 Å². The molecule has 0 fully saturated rings. The van der Waals surface area contributed by atoms with Crippen LogP contribution in [-0.2, 0) is 0 Å². The van der Waals surface area contributed by atoms with Crippen LogP contribution in [0.1, 0.15) is 13.8 Å². The van der Waals surface area contributed by atoms with Crippen molar-refractivity contribution < 1.29 is 17.0 Å². The molecule has 1 nitrogen and oxygen atoms in total. The predicted octanol–water partition coefficient (Wildman–Crippen LogP) is 1.37. The molecule has 0 unspecified atom stereocenters. The second-order valence-electron chi connectivity index (χ2n) is 4.27. The van der Waals surface area contributed by atoms with E-state index in [1.807, 2.05) is 0 Å². The molecule has 0 aliphatic rings. The van der Waals surface area contributed by atoms with Crippen LogP contribution in [0.4, 0.5) is 11.4 Å². The van der Waals surface area contributed by atoms with E-state index in [9.17, 15) is 0 Å². The molecule has 0 spiro atoms. The normalized spacial score (nSPS) is 10.8. The van der Waals surface area contributed by atoms with Crippen LogP contribution in [0.2, 0.25) is 0 Å². The van der Waals surface area contributed by atoms with Gasteiger partial charge in [-0.2, -0.15) is 0 Å². The highest BCUT2D eigenvalue weighted by atomic mass is 79.9. The Morgan fingerprint density at radius 3 is 1.28 bits per heavy atom. The molecule has 0 saturated carbocycles. The van der Waals surface area contributed by atoms with Gasteiger partial charge in [0, 0.05) is 0 Å². The van der Waals surface area contributed by atoms with Crippen molar-refractivity contribution in [3.05, 3.63) is 60.7 Å². The summed E-state index contributed by atoms with van der Waals surface area (Å²) >= 11 is 0. The molecular weight excluding hydrogens is 286 g/mol. The van der Waals surface area contributed by atoms with E-state index in [1.165, 1.54) is 11.4 Å². The van der Waals surface area contributed by atoms with E-state index in [0.29, 0.717) is 0 Å². The summed E-state index contributed by atoms with van der Waals surface area (Å²) in [4.78, 5) is 0. The summed E-state index contributed by atoms with van der Waals surface area (Å²) in [5.41, 5.74) is 2.73. The monoisotopic (exact) mass is 305 g/mol. The van der Waals surface area contributed by atoms with Crippen molar-refractivity contribution in [2.24, 2.45) is 0 Å². The summed E-state index contributed by atoms with van der Waals surface area (Å²) in [5.74, 6) is 0. The molecule has 0 radical (unpaired) electrons. The van der Waals surface area contributed by atoms with Crippen molar-refractivity contribution >= 4 is 11.4 Å². The molecule has 0 atom stereocenters. The first-order valence-electron chi connectivity index (χ1n) is 6.32. The lowest BCUT2D eigenvalue weighted by Gasteiger charge is -2.35. The van der Waals surface area contributed by atoms with Crippen LogP contribution in [0.5, 0.6) is 0 Å². The van der Waals surface area contributed by atoms with Gasteiger partial charge >= 0.3 is 0 Å². The zero-order valence-electron chi connectivity index (χ0n) is 11.0. The van der Waals surface area contributed by atoms with Crippen molar-refractivity contribution in [3.63, 3.8) is 0 Å². The first-order chi connectivity index (χ1) is 8.33. The first kappa shape index (κ1) is 14.9. The van der Waals surface area contributed by atoms with Crippen molar-refractivity contribution in [3.8, 4) is 0 Å². The highest BCUT2D eigenvalue weighted by Crippen LogP contribution is 2.33. The van der Waals surface area contributed by atoms with Gasteiger partial charge in [0.15, 0.2) is 0 Å². The molecule has 0 amide bonds. The second kappa shape index (κ2) is 6.72. The van der Waals surface area contributed by atoms with E-state index in [2.05, 4.69) is 74.5 Å². The number of hydrogen-bond acceptors (Lipinski definition) is 0. The number of para-hydroxylation sites is 2. The molecule has 0 aliphatic heterocycles. The summed E-state index contributed by atoms with van der Waals surface area (Å²) in [6.07, 6.45) is 0. The molecular formula is C16H20BrN. The highest BCUT2D eigenvalue weighted by molar-refractivity contribution is 5.57. The lowest BCUT2D eigenvalue weighted by molar-refractivity contribution is -0.00000350. The van der Waals surface area contributed by atoms with E-state index in [1.54, 1.807) is 0 Å². The Morgan fingerprint density at radius 2 is 1.00 bits per heavy atom. The third-order valence-corrected chi connectivity index (χ3v) is 3.58. The molecule has 0 aliphatic carbocycles. The summed E-state index contributed by atoms with van der Waals surface area (Å²) < 4.78 is 0.918. The van der Waals surface area contributed by atoms with E-state index in [4.69, 9.17) is 0 Å². The quantitative estimate of drug-likeness (QED) is 0.749. The van der Waals surface area contributed by atoms with Gasteiger partial charge in [0.05, 0.1) is 13.1 Å². The van der Waals surface area contributed by atoms with Crippen LogP contribution in [0, 0.1) is 0 Å². The molecule has 2 rings (SSSR count). The highest BCUT2D eigenvalue weighted by Gasteiger charge is 2.28. The minimum Gasteiger partial charge on any atom is -1.00 e. The minimum atomic E-state index is 0. The zero-order chi connectivity index (χ0) is 12.1. The largest absolute Gasteiger partial charge is 1.00 e. The maximum atomic E-state index is 2.25. The Kier molecular flexibility index (Phi) is 5.57. The topological polar surface area (TPSA) is 0 Å². The van der Waals surface area contributed by atoms with Crippen molar-refractivity contribution in [1.82, 2.24) is 4.48 Å². The summed E-state index contributed by atoms with van der Waals surface area (Å²) in [6, 6.07) is 21.5. The van der Waals surface area contributed by atoms with Gasteiger partial charge < -0.3 is 17.0 Å². The van der Waals surface area contributed by atoms with Gasteiger partial charge in [0.2, 0.25) is 0 Å². The average Bonchev–Trinajstić information content (AvgIpc) is 2.43. The van der Waals surface area contributed by atoms with Gasteiger partial charge in [-0.05, 0) is 38.1 Å². The SMILES string of the molecule is CC[N+](CC)(c1ccccc1)c1ccccc1.[Br-]. The second-order valence-corrected chi connectivity index (χ2v) is 4.27. The van der Waals surface area contributed by atoms with E-state index >= 15 is 0 Å². The van der Waals surface area contributed by atoms with Gasteiger partial charge in [-0.1, -0.05) is 36.4 Å². The molecule has 0 aromatic heterocycles. The number of rotatable bonds is 4. The summed E-state index contributed by atoms with van der Waals surface area (Å²) in [7, 11) is 0. The van der Waals surface area contributed by atoms with Crippen molar-refractivity contribution in [2.45, 2.75) is 13.8 Å². The fourth-order valence-corrected chi connectivity index (χ4v) is 2.53. The van der Waals surface area contributed by atoms with Crippen LogP contribution < -0.4 is 21.5 Å². The van der Waals surface area contributed by atoms with Gasteiger partial charge in [0.25, 0.3) is 0 Å². The lowest BCUT2D eigenvalue weighted by atomic mass is 10.1. The summed E-state index contributed by atoms with van der Waals surface area (Å²) in [6.45, 7) is 6.65. The van der Waals surface area contributed by atoms with Crippen molar-refractivity contribution in [2.75, 3.05) is 13.1 Å². The number of benzene rings is 2. The third kappa shape index (κ3) is 2.65. The average molecular weight is 306 g/mol. The van der Waals surface area contributed by atoms with Crippen LogP contribution in [0.25, 0.3) is 0 Å². The molecule has 2 aromatic rings. The Morgan fingerprint density at radius 1 is 0.667 bits per heavy atom. The van der Waals surface area contributed by atoms with Gasteiger partial charge in [-0.25, -0.2) is 0 Å². The zero-order valence-corrected chi connectivity index (χ0v) is 12.6. The fourth-order valence-electron chi connectivity index (χ4n) is 2.53. The Balaban J connectivity index is 0.00000162. The maximum absolute atomic E-state index is 2.25. The number of quaternary nitrogens is 1. The van der Waals surface area contributed by atoms with Crippen LogP contribution in [-0.4, -0.2) is 13.1 Å². The smallest absolute Gasteiger partial charge is 0.137 e. The van der Waals surface area contributed by atoms with Crippen molar-refractivity contribution in [1.29, 1.82) is 0 Å². The van der Waals surface area contributed by atoms with E-state index in [0.717, 1.165) is 17.6 Å². The fraction of sp³-hybridized carbons (Fsp3) is 0.250. The van der Waals surface area contributed by atoms with Gasteiger partial charge in [-0.3, -0.25) is 4.48 Å². The standard InChI is InChI=1S/C16H20N.BrH/c1-3-17(4-2,15-11-7-5-8-12-15)16-13-9-6-10-14-16;/h5-14H,3-4H2,1-2H3;1H/q+1;/p-1. The lowest BCUT2D eigenvalue weighted by Crippen LogP contribution is -3.00. The third-order valence-electron chi connectivity index (χ3n) is 3.58. The van der Waals surface area contributed by atoms with Gasteiger partial charge in [-0.15, -0.1) is 0 Å². The predicted molar refractivity (Wildman–Crippen MR) is 75.4 cm³/mol. The summed E-state index contributed by atoms with van der Waals surface area (Å²) in [5, 5.41) is 0. The van der Waals surface area contributed by atoms with E-state index < -0.39 is 0 Å². The minimum absolute atomic E-state index is 0. The molecule has 18 heavy (non-hydrogen) atoms. The molecule has 0 heterocycles. The maximum Gasteiger partial charge on any atom is 0.137 e. The molecule has 2 heteroatoms. The number of hydrogen-bond donors (Lipinski definition) is 0. The number of halogens is 1. The first-order valence-corrected chi connectivity index (χ1v) is 6.32. The molecule has 0 bridgehead atoms.